The van der Waals surface area contributed by atoms with Gasteiger partial charge in [-0.25, -0.2) is 9.78 Å². The van der Waals surface area contributed by atoms with E-state index in [1.807, 2.05) is 36.6 Å². The molecule has 0 atom stereocenters. The van der Waals surface area contributed by atoms with Gasteiger partial charge in [0.05, 0.1) is 26.4 Å². The summed E-state index contributed by atoms with van der Waals surface area (Å²) in [5, 5.41) is 0. The molecule has 0 unspecified atom stereocenters. The van der Waals surface area contributed by atoms with E-state index >= 15 is 0 Å². The van der Waals surface area contributed by atoms with Crippen LogP contribution in [0.15, 0.2) is 48.7 Å². The maximum absolute atomic E-state index is 12.3. The number of esters is 1. The molecule has 130 valence electrons. The topological polar surface area (TPSA) is 43.6 Å². The Morgan fingerprint density at radius 2 is 1.88 bits per heavy atom. The molecule has 0 fully saturated rings. The van der Waals surface area contributed by atoms with Crippen molar-refractivity contribution in [3.63, 3.8) is 0 Å². The third-order valence-electron chi connectivity index (χ3n) is 4.35. The van der Waals surface area contributed by atoms with Gasteiger partial charge >= 0.3 is 5.97 Å². The predicted molar refractivity (Wildman–Crippen MR) is 99.7 cm³/mol. The highest BCUT2D eigenvalue weighted by Crippen LogP contribution is 2.28. The average Bonchev–Trinajstić information content (AvgIpc) is 2.91. The molecule has 25 heavy (non-hydrogen) atoms. The summed E-state index contributed by atoms with van der Waals surface area (Å²) in [6, 6.07) is 14.4. The summed E-state index contributed by atoms with van der Waals surface area (Å²) in [6.45, 7) is 4.84. The largest absolute Gasteiger partial charge is 0.461 e. The van der Waals surface area contributed by atoms with Gasteiger partial charge in [-0.1, -0.05) is 30.3 Å². The molecular weight excluding hydrogens is 314 g/mol. The zero-order valence-corrected chi connectivity index (χ0v) is 15.2. The molecule has 0 saturated carbocycles. The second-order valence-corrected chi connectivity index (χ2v) is 6.68. The molecule has 2 aromatic heterocycles. The number of imidazole rings is 1. The minimum Gasteiger partial charge on any atom is -0.461 e. The number of carbonyl (C=O) groups is 1. The molecule has 0 spiro atoms. The third kappa shape index (κ3) is 3.28. The molecule has 0 bridgehead atoms. The number of rotatable bonds is 5. The molecule has 0 radical (unpaired) electrons. The number of ether oxygens (including phenoxy) is 1. The number of fused-ring (bicyclic) bond motifs is 1. The van der Waals surface area contributed by atoms with Gasteiger partial charge < -0.3 is 4.74 Å². The zero-order chi connectivity index (χ0) is 18.0. The Morgan fingerprint density at radius 3 is 2.56 bits per heavy atom. The lowest BCUT2D eigenvalue weighted by atomic mass is 10.2. The quantitative estimate of drug-likeness (QED) is 0.527. The molecule has 0 saturated heterocycles. The molecule has 5 heteroatoms. The summed E-state index contributed by atoms with van der Waals surface area (Å²) in [4.78, 5) is 17.0. The third-order valence-corrected chi connectivity index (χ3v) is 4.35. The van der Waals surface area contributed by atoms with E-state index in [0.717, 1.165) is 17.9 Å². The number of benzene rings is 1. The molecule has 3 rings (SSSR count). The fourth-order valence-corrected chi connectivity index (χ4v) is 3.21. The van der Waals surface area contributed by atoms with E-state index in [9.17, 15) is 4.79 Å². The van der Waals surface area contributed by atoms with Crippen LogP contribution in [-0.4, -0.2) is 36.1 Å². The van der Waals surface area contributed by atoms with Gasteiger partial charge in [-0.2, -0.15) is 0 Å². The van der Waals surface area contributed by atoms with Crippen LogP contribution < -0.4 is 4.48 Å². The van der Waals surface area contributed by atoms with Gasteiger partial charge in [0.25, 0.3) is 0 Å². The number of carbonyl (C=O) groups excluding carboxylic acids is 1. The summed E-state index contributed by atoms with van der Waals surface area (Å²) in [7, 11) is 4.30. The molecular formula is C20H24N3O2+. The SMILES string of the molecule is CCOC(=O)c1c(C)nc2c([N+](C)(C)Cc3ccccc3)cccn12. The smallest absolute Gasteiger partial charge is 0.357 e. The first-order valence-corrected chi connectivity index (χ1v) is 8.46. The van der Waals surface area contributed by atoms with Crippen molar-refractivity contribution in [3.05, 3.63) is 65.6 Å². The van der Waals surface area contributed by atoms with E-state index in [2.05, 4.69) is 49.4 Å². The van der Waals surface area contributed by atoms with Crippen LogP contribution in [0, 0.1) is 6.92 Å². The molecule has 0 amide bonds. The van der Waals surface area contributed by atoms with Crippen molar-refractivity contribution in [1.82, 2.24) is 13.9 Å². The molecule has 0 aliphatic heterocycles. The van der Waals surface area contributed by atoms with Crippen LogP contribution in [0.3, 0.4) is 0 Å². The minimum atomic E-state index is -0.335. The standard InChI is InChI=1S/C20H24N3O2/c1-5-25-20(24)18-15(2)21-19-17(12-9-13-22(18)19)23(3,4)14-16-10-7-6-8-11-16/h6-13H,5,14H2,1-4H3/q+1. The van der Waals surface area contributed by atoms with Crippen molar-refractivity contribution in [3.8, 4) is 0 Å². The number of hydrogen-bond acceptors (Lipinski definition) is 3. The van der Waals surface area contributed by atoms with E-state index in [1.54, 1.807) is 0 Å². The van der Waals surface area contributed by atoms with Crippen molar-refractivity contribution in [2.75, 3.05) is 20.7 Å². The highest BCUT2D eigenvalue weighted by Gasteiger charge is 2.27. The van der Waals surface area contributed by atoms with E-state index in [1.165, 1.54) is 5.56 Å². The van der Waals surface area contributed by atoms with E-state index in [-0.39, 0.29) is 5.97 Å². The first kappa shape index (κ1) is 17.2. The van der Waals surface area contributed by atoms with Crippen LogP contribution in [0.5, 0.6) is 0 Å². The lowest BCUT2D eigenvalue weighted by Gasteiger charge is -2.29. The molecule has 0 N–H and O–H groups in total. The lowest BCUT2D eigenvalue weighted by molar-refractivity contribution is 0.0517. The highest BCUT2D eigenvalue weighted by molar-refractivity contribution is 5.91. The summed E-state index contributed by atoms with van der Waals surface area (Å²) >= 11 is 0. The average molecular weight is 338 g/mol. The minimum absolute atomic E-state index is 0.335. The maximum atomic E-state index is 12.3. The Hall–Kier alpha value is -2.66. The summed E-state index contributed by atoms with van der Waals surface area (Å²) < 4.78 is 7.66. The number of hydrogen-bond donors (Lipinski definition) is 0. The Labute approximate surface area is 148 Å². The van der Waals surface area contributed by atoms with Crippen molar-refractivity contribution >= 4 is 17.3 Å². The molecule has 0 aliphatic rings. The van der Waals surface area contributed by atoms with Crippen molar-refractivity contribution in [2.24, 2.45) is 0 Å². The highest BCUT2D eigenvalue weighted by atomic mass is 16.5. The van der Waals surface area contributed by atoms with Gasteiger partial charge in [0.15, 0.2) is 17.0 Å². The van der Waals surface area contributed by atoms with Gasteiger partial charge in [-0.15, -0.1) is 0 Å². The normalized spacial score (nSPS) is 11.7. The van der Waals surface area contributed by atoms with Gasteiger partial charge in [0.2, 0.25) is 0 Å². The fourth-order valence-electron chi connectivity index (χ4n) is 3.21. The van der Waals surface area contributed by atoms with Crippen LogP contribution >= 0.6 is 0 Å². The van der Waals surface area contributed by atoms with Crippen LogP contribution in [-0.2, 0) is 11.3 Å². The molecule has 2 heterocycles. The Balaban J connectivity index is 2.08. The lowest BCUT2D eigenvalue weighted by Crippen LogP contribution is -2.39. The van der Waals surface area contributed by atoms with Crippen molar-refractivity contribution < 1.29 is 9.53 Å². The first-order chi connectivity index (χ1) is 11.9. The number of quaternary nitrogens is 1. The first-order valence-electron chi connectivity index (χ1n) is 8.46. The molecule has 1 aromatic carbocycles. The monoisotopic (exact) mass is 338 g/mol. The van der Waals surface area contributed by atoms with Gasteiger partial charge in [0.1, 0.15) is 6.54 Å². The molecule has 0 aliphatic carbocycles. The second-order valence-electron chi connectivity index (χ2n) is 6.68. The van der Waals surface area contributed by atoms with Crippen LogP contribution in [0.4, 0.5) is 5.69 Å². The van der Waals surface area contributed by atoms with E-state index < -0.39 is 0 Å². The van der Waals surface area contributed by atoms with Crippen LogP contribution in [0.25, 0.3) is 5.65 Å². The molecule has 3 aromatic rings. The maximum Gasteiger partial charge on any atom is 0.357 e. The fraction of sp³-hybridized carbons (Fsp3) is 0.300. The number of aryl methyl sites for hydroxylation is 1. The van der Waals surface area contributed by atoms with Gasteiger partial charge in [-0.05, 0) is 19.9 Å². The van der Waals surface area contributed by atoms with Crippen molar-refractivity contribution in [1.29, 1.82) is 0 Å². The number of pyridine rings is 1. The summed E-state index contributed by atoms with van der Waals surface area (Å²) in [6.07, 6.45) is 1.87. The summed E-state index contributed by atoms with van der Waals surface area (Å²) in [5.74, 6) is -0.335. The predicted octanol–water partition coefficient (Wildman–Crippen LogP) is 3.59. The Kier molecular flexibility index (Phi) is 4.59. The molecule has 5 nitrogen and oxygen atoms in total. The van der Waals surface area contributed by atoms with E-state index in [4.69, 9.17) is 4.74 Å². The van der Waals surface area contributed by atoms with Gasteiger partial charge in [-0.3, -0.25) is 8.88 Å². The van der Waals surface area contributed by atoms with Crippen molar-refractivity contribution in [2.45, 2.75) is 20.4 Å². The number of nitrogens with zero attached hydrogens (tertiary/aromatic N) is 3. The zero-order valence-electron chi connectivity index (χ0n) is 15.2. The van der Waals surface area contributed by atoms with Gasteiger partial charge in [0, 0.05) is 17.8 Å². The second kappa shape index (κ2) is 6.69. The van der Waals surface area contributed by atoms with Crippen LogP contribution in [0.1, 0.15) is 28.7 Å². The number of aromatic nitrogens is 2. The summed E-state index contributed by atoms with van der Waals surface area (Å²) in [5.41, 5.74) is 4.29. The van der Waals surface area contributed by atoms with E-state index in [0.29, 0.717) is 22.5 Å². The Morgan fingerprint density at radius 1 is 1.16 bits per heavy atom. The van der Waals surface area contributed by atoms with Crippen LogP contribution in [0.2, 0.25) is 0 Å². The Bertz CT molecular complexity index is 898.